The fourth-order valence-corrected chi connectivity index (χ4v) is 3.15. The highest BCUT2D eigenvalue weighted by Crippen LogP contribution is 2.33. The van der Waals surface area contributed by atoms with Crippen molar-refractivity contribution < 1.29 is 0 Å². The predicted molar refractivity (Wildman–Crippen MR) is 82.4 cm³/mol. The van der Waals surface area contributed by atoms with Gasteiger partial charge in [-0.05, 0) is 43.3 Å². The zero-order valence-electron chi connectivity index (χ0n) is 11.6. The van der Waals surface area contributed by atoms with Crippen molar-refractivity contribution in [3.8, 4) is 0 Å². The van der Waals surface area contributed by atoms with E-state index in [0.717, 1.165) is 12.6 Å². The Bertz CT molecular complexity index is 347. The van der Waals surface area contributed by atoms with Gasteiger partial charge in [0, 0.05) is 18.0 Å². The Morgan fingerprint density at radius 1 is 1.28 bits per heavy atom. The summed E-state index contributed by atoms with van der Waals surface area (Å²) in [5, 5.41) is 3.75. The molecule has 0 heterocycles. The molecule has 0 radical (unpaired) electrons. The zero-order chi connectivity index (χ0) is 12.8. The van der Waals surface area contributed by atoms with Gasteiger partial charge in [-0.25, -0.2) is 0 Å². The summed E-state index contributed by atoms with van der Waals surface area (Å²) in [4.78, 5) is 0. The summed E-state index contributed by atoms with van der Waals surface area (Å²) in [6.45, 7) is 3.47. The summed E-state index contributed by atoms with van der Waals surface area (Å²) in [7, 11) is 0. The van der Waals surface area contributed by atoms with Crippen LogP contribution < -0.4 is 5.32 Å². The molecule has 2 heteroatoms. The van der Waals surface area contributed by atoms with E-state index in [1.54, 1.807) is 0 Å². The van der Waals surface area contributed by atoms with Gasteiger partial charge in [0.15, 0.2) is 0 Å². The van der Waals surface area contributed by atoms with Crippen LogP contribution in [0.2, 0.25) is 0 Å². The van der Waals surface area contributed by atoms with Crippen molar-refractivity contribution in [2.45, 2.75) is 44.1 Å². The Morgan fingerprint density at radius 3 is 2.56 bits per heavy atom. The van der Waals surface area contributed by atoms with Gasteiger partial charge >= 0.3 is 0 Å². The fourth-order valence-electron chi connectivity index (χ4n) is 2.56. The Labute approximate surface area is 116 Å². The number of nitrogens with one attached hydrogen (secondary N) is 1. The van der Waals surface area contributed by atoms with Gasteiger partial charge in [-0.3, -0.25) is 0 Å². The molecule has 18 heavy (non-hydrogen) atoms. The van der Waals surface area contributed by atoms with Gasteiger partial charge in [-0.1, -0.05) is 37.3 Å². The van der Waals surface area contributed by atoms with Gasteiger partial charge in [0.1, 0.15) is 0 Å². The SMILES string of the molecule is CCC(CCSC)(CNC1CC1)c1ccccc1. The van der Waals surface area contributed by atoms with Crippen molar-refractivity contribution in [2.75, 3.05) is 18.6 Å². The summed E-state index contributed by atoms with van der Waals surface area (Å²) in [6.07, 6.45) is 7.44. The molecule has 0 bridgehead atoms. The normalized spacial score (nSPS) is 18.6. The highest BCUT2D eigenvalue weighted by molar-refractivity contribution is 7.98. The highest BCUT2D eigenvalue weighted by atomic mass is 32.2. The standard InChI is InChI=1S/C16H25NS/c1-3-16(11-12-18-2,13-17-15-9-10-15)14-7-5-4-6-8-14/h4-8,15,17H,3,9-13H2,1-2H3. The lowest BCUT2D eigenvalue weighted by atomic mass is 9.75. The third-order valence-corrected chi connectivity index (χ3v) is 4.77. The van der Waals surface area contributed by atoms with Crippen LogP contribution in [0.4, 0.5) is 0 Å². The Hall–Kier alpha value is -0.470. The van der Waals surface area contributed by atoms with Gasteiger partial charge in [0.2, 0.25) is 0 Å². The molecule has 0 amide bonds. The van der Waals surface area contributed by atoms with Gasteiger partial charge in [-0.15, -0.1) is 0 Å². The van der Waals surface area contributed by atoms with E-state index in [1.165, 1.54) is 37.0 Å². The van der Waals surface area contributed by atoms with Gasteiger partial charge in [-0.2, -0.15) is 11.8 Å². The minimum Gasteiger partial charge on any atom is -0.313 e. The lowest BCUT2D eigenvalue weighted by molar-refractivity contribution is 0.370. The lowest BCUT2D eigenvalue weighted by Gasteiger charge is -2.34. The minimum absolute atomic E-state index is 0.326. The molecule has 0 saturated heterocycles. The van der Waals surface area contributed by atoms with Crippen LogP contribution in [0.1, 0.15) is 38.2 Å². The van der Waals surface area contributed by atoms with Crippen molar-refractivity contribution in [1.82, 2.24) is 5.32 Å². The van der Waals surface area contributed by atoms with E-state index in [-0.39, 0.29) is 0 Å². The second kappa shape index (κ2) is 6.63. The largest absolute Gasteiger partial charge is 0.313 e. The fraction of sp³-hybridized carbons (Fsp3) is 0.625. The first-order valence-electron chi connectivity index (χ1n) is 7.08. The number of benzene rings is 1. The van der Waals surface area contributed by atoms with E-state index in [4.69, 9.17) is 0 Å². The molecule has 1 unspecified atom stereocenters. The van der Waals surface area contributed by atoms with Crippen LogP contribution in [0.3, 0.4) is 0 Å². The lowest BCUT2D eigenvalue weighted by Crippen LogP contribution is -2.39. The Morgan fingerprint density at radius 2 is 2.00 bits per heavy atom. The second-order valence-electron chi connectivity index (χ2n) is 5.40. The molecule has 1 fully saturated rings. The van der Waals surface area contributed by atoms with E-state index < -0.39 is 0 Å². The Kier molecular flexibility index (Phi) is 5.13. The Balaban J connectivity index is 2.12. The molecule has 1 aromatic carbocycles. The van der Waals surface area contributed by atoms with E-state index in [2.05, 4.69) is 48.8 Å². The topological polar surface area (TPSA) is 12.0 Å². The molecule has 2 rings (SSSR count). The summed E-state index contributed by atoms with van der Waals surface area (Å²) in [6, 6.07) is 11.9. The van der Waals surface area contributed by atoms with E-state index in [9.17, 15) is 0 Å². The van der Waals surface area contributed by atoms with Crippen LogP contribution in [-0.4, -0.2) is 24.6 Å². The van der Waals surface area contributed by atoms with Crippen molar-refractivity contribution in [3.63, 3.8) is 0 Å². The minimum atomic E-state index is 0.326. The van der Waals surface area contributed by atoms with Crippen LogP contribution in [-0.2, 0) is 5.41 Å². The first-order chi connectivity index (χ1) is 8.80. The van der Waals surface area contributed by atoms with Crippen LogP contribution in [0.5, 0.6) is 0 Å². The average Bonchev–Trinajstić information content (AvgIpc) is 3.25. The highest BCUT2D eigenvalue weighted by Gasteiger charge is 2.32. The molecule has 0 aromatic heterocycles. The van der Waals surface area contributed by atoms with E-state index in [0.29, 0.717) is 5.41 Å². The molecule has 1 aliphatic carbocycles. The summed E-state index contributed by atoms with van der Waals surface area (Å²) >= 11 is 1.96. The third-order valence-electron chi connectivity index (χ3n) is 4.15. The molecule has 0 aliphatic heterocycles. The second-order valence-corrected chi connectivity index (χ2v) is 6.38. The molecule has 100 valence electrons. The van der Waals surface area contributed by atoms with Gasteiger partial charge in [0.25, 0.3) is 0 Å². The number of thioether (sulfide) groups is 1. The van der Waals surface area contributed by atoms with Crippen LogP contribution in [0.15, 0.2) is 30.3 Å². The monoisotopic (exact) mass is 263 g/mol. The molecular weight excluding hydrogens is 238 g/mol. The molecule has 1 saturated carbocycles. The molecule has 1 atom stereocenters. The summed E-state index contributed by atoms with van der Waals surface area (Å²) in [5.74, 6) is 1.25. The van der Waals surface area contributed by atoms with Gasteiger partial charge < -0.3 is 5.32 Å². The summed E-state index contributed by atoms with van der Waals surface area (Å²) in [5.41, 5.74) is 1.84. The van der Waals surface area contributed by atoms with Crippen LogP contribution >= 0.6 is 11.8 Å². The zero-order valence-corrected chi connectivity index (χ0v) is 12.4. The van der Waals surface area contributed by atoms with Crippen LogP contribution in [0, 0.1) is 0 Å². The van der Waals surface area contributed by atoms with Crippen molar-refractivity contribution in [1.29, 1.82) is 0 Å². The molecule has 1 aromatic rings. The van der Waals surface area contributed by atoms with Crippen molar-refractivity contribution >= 4 is 11.8 Å². The molecule has 1 aliphatic rings. The molecule has 1 nitrogen and oxygen atoms in total. The first-order valence-corrected chi connectivity index (χ1v) is 8.48. The first kappa shape index (κ1) is 14.0. The molecular formula is C16H25NS. The maximum atomic E-state index is 3.75. The maximum Gasteiger partial charge on any atom is 0.00830 e. The maximum absolute atomic E-state index is 3.75. The molecule has 1 N–H and O–H groups in total. The summed E-state index contributed by atoms with van der Waals surface area (Å²) < 4.78 is 0. The van der Waals surface area contributed by atoms with Crippen molar-refractivity contribution in [2.24, 2.45) is 0 Å². The quantitative estimate of drug-likeness (QED) is 0.765. The van der Waals surface area contributed by atoms with Crippen LogP contribution in [0.25, 0.3) is 0 Å². The number of hydrogen-bond acceptors (Lipinski definition) is 2. The van der Waals surface area contributed by atoms with E-state index in [1.807, 2.05) is 11.8 Å². The third kappa shape index (κ3) is 3.52. The smallest absolute Gasteiger partial charge is 0.00830 e. The average molecular weight is 263 g/mol. The number of hydrogen-bond donors (Lipinski definition) is 1. The number of rotatable bonds is 8. The van der Waals surface area contributed by atoms with Crippen molar-refractivity contribution in [3.05, 3.63) is 35.9 Å². The predicted octanol–water partition coefficient (Wildman–Crippen LogP) is 3.84. The van der Waals surface area contributed by atoms with Gasteiger partial charge in [0.05, 0.1) is 0 Å². The van der Waals surface area contributed by atoms with E-state index >= 15 is 0 Å². The molecule has 0 spiro atoms.